The van der Waals surface area contributed by atoms with E-state index in [4.69, 9.17) is 23.7 Å². The van der Waals surface area contributed by atoms with Crippen LogP contribution in [0, 0.1) is 11.3 Å². The van der Waals surface area contributed by atoms with E-state index in [1.165, 1.54) is 33.1 Å². The highest BCUT2D eigenvalue weighted by Gasteiger charge is 2.74. The Hall–Kier alpha value is -3.10. The second-order valence-corrected chi connectivity index (χ2v) is 11.5. The number of cyclic esters (lactones) is 1. The Bertz CT molecular complexity index is 1200. The van der Waals surface area contributed by atoms with E-state index in [0.29, 0.717) is 18.4 Å². The zero-order valence-corrected chi connectivity index (χ0v) is 24.0. The molecule has 7 unspecified atom stereocenters. The highest BCUT2D eigenvalue weighted by atomic mass is 16.7. The third-order valence-electron chi connectivity index (χ3n) is 9.03. The van der Waals surface area contributed by atoms with Gasteiger partial charge in [0.25, 0.3) is 0 Å². The molecule has 4 N–H and O–H groups in total. The first-order chi connectivity index (χ1) is 19.7. The smallest absolute Gasteiger partial charge is 0.336 e. The number of aliphatic hydroxyl groups is 4. The highest BCUT2D eigenvalue weighted by molar-refractivity contribution is 5.90. The molecular formula is C29H38O13. The minimum Gasteiger partial charge on any atom is -0.466 e. The third-order valence-corrected chi connectivity index (χ3v) is 9.03. The van der Waals surface area contributed by atoms with Gasteiger partial charge in [-0.1, -0.05) is 18.2 Å². The summed E-state index contributed by atoms with van der Waals surface area (Å²) in [5, 5.41) is 39.3. The van der Waals surface area contributed by atoms with Crippen molar-refractivity contribution >= 4 is 23.9 Å². The lowest BCUT2D eigenvalue weighted by Crippen LogP contribution is -2.65. The van der Waals surface area contributed by atoms with Crippen LogP contribution in [0.1, 0.15) is 52.9 Å². The summed E-state index contributed by atoms with van der Waals surface area (Å²) in [5.41, 5.74) is -3.17. The number of esters is 4. The lowest BCUT2D eigenvalue weighted by atomic mass is 9.62. The average Bonchev–Trinajstić information content (AvgIpc) is 3.09. The number of methoxy groups -OCH3 is 1. The quantitative estimate of drug-likeness (QED) is 0.135. The molecule has 9 atom stereocenters. The Morgan fingerprint density at radius 1 is 1.12 bits per heavy atom. The largest absolute Gasteiger partial charge is 0.466 e. The molecule has 0 aromatic carbocycles. The molecule has 2 saturated heterocycles. The average molecular weight is 595 g/mol. The second kappa shape index (κ2) is 11.9. The molecule has 42 heavy (non-hydrogen) atoms. The van der Waals surface area contributed by atoms with Crippen LogP contribution in [0.5, 0.6) is 0 Å². The van der Waals surface area contributed by atoms with Crippen molar-refractivity contribution in [2.24, 2.45) is 11.3 Å². The molecule has 0 amide bonds. The molecule has 13 nitrogen and oxygen atoms in total. The van der Waals surface area contributed by atoms with Gasteiger partial charge in [0.15, 0.2) is 0 Å². The van der Waals surface area contributed by atoms with Crippen LogP contribution in [0.25, 0.3) is 0 Å². The second-order valence-electron chi connectivity index (χ2n) is 11.5. The molecule has 2 aliphatic carbocycles. The summed E-state index contributed by atoms with van der Waals surface area (Å²) in [6.07, 6.45) is -0.247. The van der Waals surface area contributed by atoms with Crippen molar-refractivity contribution in [3.63, 3.8) is 0 Å². The normalized spacial score (nSPS) is 40.0. The van der Waals surface area contributed by atoms with Gasteiger partial charge in [0.1, 0.15) is 41.0 Å². The molecule has 2 heterocycles. The van der Waals surface area contributed by atoms with Gasteiger partial charge in [0.05, 0.1) is 13.7 Å². The molecule has 1 saturated carbocycles. The number of aliphatic hydroxyl groups excluding tert-OH is 4. The van der Waals surface area contributed by atoms with Gasteiger partial charge in [-0.05, 0) is 52.0 Å². The van der Waals surface area contributed by atoms with Gasteiger partial charge in [-0.2, -0.15) is 0 Å². The Morgan fingerprint density at radius 3 is 2.48 bits per heavy atom. The summed E-state index contributed by atoms with van der Waals surface area (Å²) < 4.78 is 27.3. The first-order valence-electron chi connectivity index (χ1n) is 13.8. The first kappa shape index (κ1) is 31.8. The van der Waals surface area contributed by atoms with Gasteiger partial charge < -0.3 is 44.1 Å². The zero-order valence-electron chi connectivity index (χ0n) is 24.0. The maximum atomic E-state index is 13.7. The number of allylic oxidation sites excluding steroid dienone is 3. The molecule has 3 fully saturated rings. The van der Waals surface area contributed by atoms with Gasteiger partial charge in [-0.3, -0.25) is 9.59 Å². The molecule has 2 bridgehead atoms. The van der Waals surface area contributed by atoms with Crippen LogP contribution in [0.15, 0.2) is 35.5 Å². The topological polar surface area (TPSA) is 195 Å². The Labute approximate surface area is 242 Å². The van der Waals surface area contributed by atoms with Crippen LogP contribution >= 0.6 is 0 Å². The van der Waals surface area contributed by atoms with Crippen LogP contribution < -0.4 is 0 Å². The maximum Gasteiger partial charge on any atom is 0.336 e. The Balaban J connectivity index is 1.56. The first-order valence-corrected chi connectivity index (χ1v) is 13.8. The van der Waals surface area contributed by atoms with E-state index in [-0.39, 0.29) is 24.8 Å². The van der Waals surface area contributed by atoms with E-state index in [2.05, 4.69) is 0 Å². The lowest BCUT2D eigenvalue weighted by Gasteiger charge is -2.54. The Morgan fingerprint density at radius 2 is 1.83 bits per heavy atom. The van der Waals surface area contributed by atoms with E-state index < -0.39 is 83.7 Å². The van der Waals surface area contributed by atoms with Crippen molar-refractivity contribution in [2.75, 3.05) is 13.7 Å². The fourth-order valence-corrected chi connectivity index (χ4v) is 6.81. The fourth-order valence-electron chi connectivity index (χ4n) is 6.81. The Kier molecular flexibility index (Phi) is 9.00. The molecule has 232 valence electrons. The van der Waals surface area contributed by atoms with Crippen LogP contribution in [-0.4, -0.2) is 99.9 Å². The molecule has 0 spiro atoms. The van der Waals surface area contributed by atoms with Crippen LogP contribution in [-0.2, 0) is 42.9 Å². The van der Waals surface area contributed by atoms with Crippen molar-refractivity contribution in [3.8, 4) is 0 Å². The van der Waals surface area contributed by atoms with E-state index >= 15 is 0 Å². The number of ether oxygens (including phenoxy) is 5. The lowest BCUT2D eigenvalue weighted by molar-refractivity contribution is -0.291. The molecular weight excluding hydrogens is 556 g/mol. The SMILES string of the molecule is COC(=O)C1=CC[C@@]23CCC(C(C)(/C=C/C=C(\C)C(=O)OC4OC(CO)C(O)C(O)C4O)OC2=O)[C@@]3(OC(C)=O)CC1. The van der Waals surface area contributed by atoms with E-state index in [9.17, 15) is 39.6 Å². The van der Waals surface area contributed by atoms with E-state index in [1.54, 1.807) is 19.1 Å². The van der Waals surface area contributed by atoms with Gasteiger partial charge in [-0.15, -0.1) is 0 Å². The monoisotopic (exact) mass is 594 g/mol. The number of hydrogen-bond acceptors (Lipinski definition) is 13. The predicted octanol–water partition coefficient (Wildman–Crippen LogP) is 0.129. The minimum absolute atomic E-state index is 0.0609. The number of rotatable bonds is 7. The summed E-state index contributed by atoms with van der Waals surface area (Å²) in [5.74, 6) is -2.97. The van der Waals surface area contributed by atoms with Crippen molar-refractivity contribution in [1.29, 1.82) is 0 Å². The molecule has 0 radical (unpaired) electrons. The molecule has 0 aromatic heterocycles. The molecule has 0 aromatic rings. The summed E-state index contributed by atoms with van der Waals surface area (Å²) in [6, 6.07) is 0. The number of carbonyl (C=O) groups is 4. The van der Waals surface area contributed by atoms with Crippen LogP contribution in [0.2, 0.25) is 0 Å². The third kappa shape index (κ3) is 5.28. The zero-order chi connectivity index (χ0) is 31.0. The fraction of sp³-hybridized carbons (Fsp3) is 0.655. The van der Waals surface area contributed by atoms with E-state index in [1.807, 2.05) is 0 Å². The summed E-state index contributed by atoms with van der Waals surface area (Å²) in [7, 11) is 1.28. The maximum absolute atomic E-state index is 13.7. The summed E-state index contributed by atoms with van der Waals surface area (Å²) in [4.78, 5) is 51.1. The van der Waals surface area contributed by atoms with Gasteiger partial charge in [-0.25, -0.2) is 9.59 Å². The molecule has 4 rings (SSSR count). The van der Waals surface area contributed by atoms with Crippen LogP contribution in [0.3, 0.4) is 0 Å². The predicted molar refractivity (Wildman–Crippen MR) is 141 cm³/mol. The standard InChI is InChI=1S/C29H38O13/c1-15(23(35)40-25-22(34)21(33)20(32)18(14-30)39-25)6-5-10-27(3)19-9-12-28(26(37)42-27)11-7-17(24(36)38-4)8-13-29(19,28)41-16(2)31/h5-7,10,18-22,25,30,32-34H,8-9,11-14H2,1-4H3/b10-5+,15-6+/t18?,19?,20?,21?,22?,25?,27?,28-,29+/m1/s1. The minimum atomic E-state index is -1.75. The molecule has 4 aliphatic rings. The number of carbonyl (C=O) groups excluding carboxylic acids is 4. The molecule has 13 heteroatoms. The van der Waals surface area contributed by atoms with Crippen molar-refractivity contribution in [3.05, 3.63) is 35.5 Å². The van der Waals surface area contributed by atoms with E-state index in [0.717, 1.165) is 0 Å². The molecule has 2 aliphatic heterocycles. The van der Waals surface area contributed by atoms with Gasteiger partial charge >= 0.3 is 23.9 Å². The summed E-state index contributed by atoms with van der Waals surface area (Å²) >= 11 is 0. The number of hydrogen-bond donors (Lipinski definition) is 4. The van der Waals surface area contributed by atoms with Crippen molar-refractivity contribution in [2.45, 2.75) is 94.8 Å². The highest BCUT2D eigenvalue weighted by Crippen LogP contribution is 2.65. The van der Waals surface area contributed by atoms with Crippen LogP contribution in [0.4, 0.5) is 0 Å². The summed E-state index contributed by atoms with van der Waals surface area (Å²) in [6.45, 7) is 3.73. The van der Waals surface area contributed by atoms with Gasteiger partial charge in [0.2, 0.25) is 6.29 Å². The van der Waals surface area contributed by atoms with Crippen molar-refractivity contribution in [1.82, 2.24) is 0 Å². The van der Waals surface area contributed by atoms with Crippen molar-refractivity contribution < 1.29 is 63.3 Å². The van der Waals surface area contributed by atoms with Gasteiger partial charge in [0, 0.05) is 24.0 Å².